The molecule has 2 aliphatic rings. The maximum Gasteiger partial charge on any atom is 0.226 e. The molecule has 0 spiro atoms. The second kappa shape index (κ2) is 5.23. The van der Waals surface area contributed by atoms with Crippen molar-refractivity contribution in [3.63, 3.8) is 0 Å². The van der Waals surface area contributed by atoms with Gasteiger partial charge in [-0.3, -0.25) is 9.48 Å². The Kier molecular flexibility index (Phi) is 3.21. The number of carbonyl (C=O) groups is 1. The molecule has 0 aromatic carbocycles. The van der Waals surface area contributed by atoms with E-state index in [4.69, 9.17) is 0 Å². The molecule has 4 rings (SSSR count). The molecule has 1 aliphatic heterocycles. The van der Waals surface area contributed by atoms with Gasteiger partial charge in [-0.25, -0.2) is 4.98 Å². The van der Waals surface area contributed by atoms with Crippen molar-refractivity contribution in [2.45, 2.75) is 44.6 Å². The van der Waals surface area contributed by atoms with Gasteiger partial charge in [0.1, 0.15) is 0 Å². The third-order valence-electron chi connectivity index (χ3n) is 4.76. The molecule has 1 aliphatic carbocycles. The van der Waals surface area contributed by atoms with Gasteiger partial charge in [-0.1, -0.05) is 19.3 Å². The highest BCUT2D eigenvalue weighted by molar-refractivity contribution is 6.11. The summed E-state index contributed by atoms with van der Waals surface area (Å²) in [5.74, 6) is 1.13. The molecule has 0 bridgehead atoms. The van der Waals surface area contributed by atoms with Gasteiger partial charge in [0.05, 0.1) is 12.2 Å². The smallest absolute Gasteiger partial charge is 0.226 e. The molecule has 1 fully saturated rings. The highest BCUT2D eigenvalue weighted by atomic mass is 16.1. The topological polar surface area (TPSA) is 52.7 Å². The van der Waals surface area contributed by atoms with Crippen LogP contribution in [0.2, 0.25) is 0 Å². The molecule has 1 saturated carbocycles. The third kappa shape index (κ3) is 2.21. The number of ketones is 1. The number of nitrogens with zero attached hydrogens (tertiary/aromatic N) is 4. The summed E-state index contributed by atoms with van der Waals surface area (Å²) in [7, 11) is 1.95. The predicted octanol–water partition coefficient (Wildman–Crippen LogP) is 2.94. The zero-order valence-electron chi connectivity index (χ0n) is 12.8. The van der Waals surface area contributed by atoms with Crippen molar-refractivity contribution in [1.29, 1.82) is 0 Å². The van der Waals surface area contributed by atoms with Crippen molar-refractivity contribution in [2.24, 2.45) is 7.05 Å². The van der Waals surface area contributed by atoms with Crippen LogP contribution in [-0.2, 0) is 13.6 Å². The van der Waals surface area contributed by atoms with Crippen LogP contribution in [0.5, 0.6) is 0 Å². The van der Waals surface area contributed by atoms with E-state index >= 15 is 0 Å². The molecule has 0 atom stereocenters. The van der Waals surface area contributed by atoms with Crippen LogP contribution in [0.3, 0.4) is 0 Å². The first-order chi connectivity index (χ1) is 10.7. The number of aromatic nitrogens is 4. The Balaban J connectivity index is 1.67. The molecule has 2 aromatic heterocycles. The van der Waals surface area contributed by atoms with E-state index in [1.807, 2.05) is 34.8 Å². The number of Topliss-reactive ketones (excluding diaryl/α,β-unsaturated/α-hetero) is 1. The van der Waals surface area contributed by atoms with Crippen molar-refractivity contribution < 1.29 is 4.79 Å². The van der Waals surface area contributed by atoms with Crippen LogP contribution in [0, 0.1) is 0 Å². The van der Waals surface area contributed by atoms with Crippen molar-refractivity contribution >= 4 is 11.9 Å². The summed E-state index contributed by atoms with van der Waals surface area (Å²) < 4.78 is 3.78. The molecule has 0 saturated heterocycles. The zero-order valence-corrected chi connectivity index (χ0v) is 12.8. The number of carbonyl (C=O) groups excluding carboxylic acids is 1. The Labute approximate surface area is 129 Å². The van der Waals surface area contributed by atoms with Gasteiger partial charge in [-0.2, -0.15) is 5.10 Å². The van der Waals surface area contributed by atoms with E-state index in [-0.39, 0.29) is 5.78 Å². The first-order valence-electron chi connectivity index (χ1n) is 8.02. The summed E-state index contributed by atoms with van der Waals surface area (Å²) in [4.78, 5) is 16.5. The van der Waals surface area contributed by atoms with Crippen LogP contribution in [-0.4, -0.2) is 25.1 Å². The number of allylic oxidation sites excluding steroid dienone is 1. The lowest BCUT2D eigenvalue weighted by Gasteiger charge is -2.20. The van der Waals surface area contributed by atoms with Crippen molar-refractivity contribution in [3.05, 3.63) is 41.2 Å². The van der Waals surface area contributed by atoms with Crippen molar-refractivity contribution in [3.8, 4) is 0 Å². The first-order valence-corrected chi connectivity index (χ1v) is 8.02. The van der Waals surface area contributed by atoms with Gasteiger partial charge in [0.15, 0.2) is 5.82 Å². The highest BCUT2D eigenvalue weighted by Crippen LogP contribution is 2.34. The number of aryl methyl sites for hydroxylation is 1. The lowest BCUT2D eigenvalue weighted by atomic mass is 9.85. The molecule has 0 radical (unpaired) electrons. The summed E-state index contributed by atoms with van der Waals surface area (Å²) in [6.45, 7) is 0.618. The Bertz CT molecular complexity index is 747. The van der Waals surface area contributed by atoms with Gasteiger partial charge in [0, 0.05) is 42.7 Å². The second-order valence-electron chi connectivity index (χ2n) is 6.36. The summed E-state index contributed by atoms with van der Waals surface area (Å²) >= 11 is 0. The highest BCUT2D eigenvalue weighted by Gasteiger charge is 2.27. The maximum atomic E-state index is 12.4. The summed E-state index contributed by atoms with van der Waals surface area (Å²) in [5.41, 5.74) is 3.07. The van der Waals surface area contributed by atoms with E-state index in [1.165, 1.54) is 32.1 Å². The quantitative estimate of drug-likeness (QED) is 0.801. The number of hydrogen-bond donors (Lipinski definition) is 0. The van der Waals surface area contributed by atoms with Gasteiger partial charge in [-0.15, -0.1) is 0 Å². The Morgan fingerprint density at radius 2 is 2.09 bits per heavy atom. The minimum atomic E-state index is 0.0449. The molecule has 0 N–H and O–H groups in total. The van der Waals surface area contributed by atoms with Gasteiger partial charge >= 0.3 is 0 Å². The Morgan fingerprint density at radius 1 is 1.27 bits per heavy atom. The molecular weight excluding hydrogens is 276 g/mol. The average Bonchev–Trinajstić information content (AvgIpc) is 3.19. The van der Waals surface area contributed by atoms with Crippen molar-refractivity contribution in [2.75, 3.05) is 0 Å². The van der Waals surface area contributed by atoms with Crippen LogP contribution in [0.25, 0.3) is 6.08 Å². The monoisotopic (exact) mass is 296 g/mol. The maximum absolute atomic E-state index is 12.4. The molecule has 2 aromatic rings. The van der Waals surface area contributed by atoms with Gasteiger partial charge < -0.3 is 4.57 Å². The number of rotatable bonds is 2. The molecule has 5 nitrogen and oxygen atoms in total. The van der Waals surface area contributed by atoms with Gasteiger partial charge in [0.2, 0.25) is 5.78 Å². The number of fused-ring (bicyclic) bond motifs is 1. The van der Waals surface area contributed by atoms with E-state index in [2.05, 4.69) is 10.1 Å². The average molecular weight is 296 g/mol. The Hall–Kier alpha value is -2.17. The lowest BCUT2D eigenvalue weighted by molar-refractivity contribution is 0.103. The van der Waals surface area contributed by atoms with E-state index in [0.717, 1.165) is 16.8 Å². The fourth-order valence-corrected chi connectivity index (χ4v) is 3.67. The normalized spacial score (nSPS) is 20.8. The van der Waals surface area contributed by atoms with Crippen LogP contribution in [0.15, 0.2) is 24.2 Å². The predicted molar refractivity (Wildman–Crippen MR) is 83.6 cm³/mol. The van der Waals surface area contributed by atoms with Crippen LogP contribution >= 0.6 is 0 Å². The molecule has 0 unspecified atom stereocenters. The SMILES string of the molecule is Cn1cc(/C=C2\Cn3ccnc3C2=O)c(C2CCCCC2)n1. The van der Waals surface area contributed by atoms with E-state index < -0.39 is 0 Å². The molecule has 22 heavy (non-hydrogen) atoms. The molecule has 3 heterocycles. The van der Waals surface area contributed by atoms with Crippen LogP contribution < -0.4 is 0 Å². The summed E-state index contributed by atoms with van der Waals surface area (Å²) in [6, 6.07) is 0. The standard InChI is InChI=1S/C17H20N4O/c1-20-10-13(15(19-20)12-5-3-2-4-6-12)9-14-11-21-8-7-18-17(21)16(14)22/h7-10,12H,2-6,11H2,1H3/b14-9+. The minimum Gasteiger partial charge on any atom is -0.324 e. The third-order valence-corrected chi connectivity index (χ3v) is 4.76. The summed E-state index contributed by atoms with van der Waals surface area (Å²) in [5, 5.41) is 4.68. The van der Waals surface area contributed by atoms with Crippen LogP contribution in [0.1, 0.15) is 59.9 Å². The van der Waals surface area contributed by atoms with Gasteiger partial charge in [-0.05, 0) is 18.9 Å². The fraction of sp³-hybridized carbons (Fsp3) is 0.471. The first kappa shape index (κ1) is 13.5. The minimum absolute atomic E-state index is 0.0449. The molecule has 5 heteroatoms. The van der Waals surface area contributed by atoms with E-state index in [1.54, 1.807) is 6.20 Å². The Morgan fingerprint density at radius 3 is 2.86 bits per heavy atom. The molecule has 0 amide bonds. The molecular formula is C17H20N4O. The van der Waals surface area contributed by atoms with E-state index in [0.29, 0.717) is 18.3 Å². The van der Waals surface area contributed by atoms with Gasteiger partial charge in [0.25, 0.3) is 0 Å². The van der Waals surface area contributed by atoms with Crippen molar-refractivity contribution in [1.82, 2.24) is 19.3 Å². The zero-order chi connectivity index (χ0) is 15.1. The number of hydrogen-bond acceptors (Lipinski definition) is 3. The fourth-order valence-electron chi connectivity index (χ4n) is 3.67. The lowest BCUT2D eigenvalue weighted by Crippen LogP contribution is -2.07. The largest absolute Gasteiger partial charge is 0.324 e. The number of imidazole rings is 1. The van der Waals surface area contributed by atoms with E-state index in [9.17, 15) is 4.79 Å². The second-order valence-corrected chi connectivity index (χ2v) is 6.36. The molecule has 114 valence electrons. The summed E-state index contributed by atoms with van der Waals surface area (Å²) in [6.07, 6.45) is 13.9. The van der Waals surface area contributed by atoms with Crippen LogP contribution in [0.4, 0.5) is 0 Å².